The maximum Gasteiger partial charge on any atom is 0.237 e. The Morgan fingerprint density at radius 2 is 1.64 bits per heavy atom. The molecule has 0 aliphatic rings. The van der Waals surface area contributed by atoms with Crippen LogP contribution in [0.25, 0.3) is 0 Å². The van der Waals surface area contributed by atoms with Crippen molar-refractivity contribution >= 4 is 69.8 Å². The summed E-state index contributed by atoms with van der Waals surface area (Å²) in [7, 11) is 0. The predicted octanol–water partition coefficient (Wildman–Crippen LogP) is 6.42. The van der Waals surface area contributed by atoms with Crippen molar-refractivity contribution in [1.29, 1.82) is 0 Å². The van der Waals surface area contributed by atoms with Gasteiger partial charge in [-0.25, -0.2) is 0 Å². The number of amides is 1. The third-order valence-corrected chi connectivity index (χ3v) is 4.97. The summed E-state index contributed by atoms with van der Waals surface area (Å²) in [6.07, 6.45) is 0. The lowest BCUT2D eigenvalue weighted by Crippen LogP contribution is -2.22. The van der Waals surface area contributed by atoms with Gasteiger partial charge in [-0.05, 0) is 43.3 Å². The van der Waals surface area contributed by atoms with Gasteiger partial charge in [-0.2, -0.15) is 0 Å². The quantitative estimate of drug-likeness (QED) is 0.606. The van der Waals surface area contributed by atoms with Crippen LogP contribution in [0.15, 0.2) is 41.3 Å². The molecule has 0 fully saturated rings. The number of nitrogens with one attached hydrogen (secondary N) is 1. The molecule has 0 bridgehead atoms. The highest BCUT2D eigenvalue weighted by atomic mass is 35.5. The summed E-state index contributed by atoms with van der Waals surface area (Å²) < 4.78 is 0. The zero-order valence-electron chi connectivity index (χ0n) is 11.4. The molecule has 0 unspecified atom stereocenters. The van der Waals surface area contributed by atoms with Crippen molar-refractivity contribution in [3.63, 3.8) is 0 Å². The fourth-order valence-electron chi connectivity index (χ4n) is 1.68. The normalized spacial score (nSPS) is 12.0. The van der Waals surface area contributed by atoms with Crippen LogP contribution in [0.3, 0.4) is 0 Å². The van der Waals surface area contributed by atoms with Crippen LogP contribution in [-0.2, 0) is 4.79 Å². The first-order chi connectivity index (χ1) is 10.3. The number of carbonyl (C=O) groups is 1. The standard InChI is InChI=1S/C15H11Cl4NOS/c1-8(22-14-7-9(16)2-3-13(14)19)15(21)20-12-5-10(17)4-11(18)6-12/h2-8H,1H3,(H,20,21)/t8-/m1/s1. The molecule has 1 amide bonds. The second-order valence-corrected chi connectivity index (χ2v) is 7.58. The van der Waals surface area contributed by atoms with Gasteiger partial charge in [-0.3, -0.25) is 4.79 Å². The molecular formula is C15H11Cl4NOS. The first-order valence-electron chi connectivity index (χ1n) is 6.24. The minimum absolute atomic E-state index is 0.181. The Bertz CT molecular complexity index is 688. The van der Waals surface area contributed by atoms with Gasteiger partial charge in [0.1, 0.15) is 0 Å². The topological polar surface area (TPSA) is 29.1 Å². The fraction of sp³-hybridized carbons (Fsp3) is 0.133. The molecule has 1 N–H and O–H groups in total. The van der Waals surface area contributed by atoms with Crippen LogP contribution in [0.1, 0.15) is 6.92 Å². The smallest absolute Gasteiger partial charge is 0.237 e. The van der Waals surface area contributed by atoms with E-state index in [4.69, 9.17) is 46.4 Å². The van der Waals surface area contributed by atoms with Gasteiger partial charge in [-0.15, -0.1) is 11.8 Å². The van der Waals surface area contributed by atoms with E-state index in [-0.39, 0.29) is 11.2 Å². The average Bonchev–Trinajstić information content (AvgIpc) is 2.41. The molecule has 2 aromatic carbocycles. The summed E-state index contributed by atoms with van der Waals surface area (Å²) in [5, 5.41) is 4.45. The number of thioether (sulfide) groups is 1. The van der Waals surface area contributed by atoms with Gasteiger partial charge in [0.15, 0.2) is 0 Å². The second-order valence-electron chi connectivity index (χ2n) is 4.48. The lowest BCUT2D eigenvalue weighted by atomic mass is 10.3. The largest absolute Gasteiger partial charge is 0.325 e. The first kappa shape index (κ1) is 17.8. The van der Waals surface area contributed by atoms with Gasteiger partial charge in [0.2, 0.25) is 5.91 Å². The van der Waals surface area contributed by atoms with Crippen LogP contribution in [-0.4, -0.2) is 11.2 Å². The minimum Gasteiger partial charge on any atom is -0.325 e. The average molecular weight is 395 g/mol. The zero-order valence-corrected chi connectivity index (χ0v) is 15.2. The van der Waals surface area contributed by atoms with Crippen LogP contribution >= 0.6 is 58.2 Å². The van der Waals surface area contributed by atoms with Crippen molar-refractivity contribution in [2.24, 2.45) is 0 Å². The van der Waals surface area contributed by atoms with Crippen LogP contribution in [0.4, 0.5) is 5.69 Å². The maximum absolute atomic E-state index is 12.2. The summed E-state index contributed by atoms with van der Waals surface area (Å²) in [5.41, 5.74) is 0.548. The number of hydrogen-bond acceptors (Lipinski definition) is 2. The Morgan fingerprint density at radius 3 is 2.27 bits per heavy atom. The number of halogens is 4. The highest BCUT2D eigenvalue weighted by molar-refractivity contribution is 8.00. The molecule has 0 aliphatic heterocycles. The van der Waals surface area contributed by atoms with Crippen molar-refractivity contribution in [2.45, 2.75) is 17.1 Å². The summed E-state index contributed by atoms with van der Waals surface area (Å²) in [5.74, 6) is -0.181. The van der Waals surface area contributed by atoms with E-state index < -0.39 is 0 Å². The molecule has 0 heterocycles. The van der Waals surface area contributed by atoms with Crippen LogP contribution < -0.4 is 5.32 Å². The van der Waals surface area contributed by atoms with Gasteiger partial charge in [-0.1, -0.05) is 46.4 Å². The van der Waals surface area contributed by atoms with Gasteiger partial charge >= 0.3 is 0 Å². The Labute approximate surface area is 153 Å². The Kier molecular flexibility index (Phi) is 6.30. The maximum atomic E-state index is 12.2. The highest BCUT2D eigenvalue weighted by Gasteiger charge is 2.16. The molecule has 2 rings (SSSR count). The number of rotatable bonds is 4. The minimum atomic E-state index is -0.367. The van der Waals surface area contributed by atoms with Crippen molar-refractivity contribution in [3.05, 3.63) is 56.5 Å². The van der Waals surface area contributed by atoms with E-state index in [0.717, 1.165) is 4.90 Å². The van der Waals surface area contributed by atoms with E-state index in [1.54, 1.807) is 43.3 Å². The predicted molar refractivity (Wildman–Crippen MR) is 96.9 cm³/mol. The third-order valence-electron chi connectivity index (χ3n) is 2.70. The number of anilines is 1. The highest BCUT2D eigenvalue weighted by Crippen LogP contribution is 2.33. The summed E-state index contributed by atoms with van der Waals surface area (Å²) in [4.78, 5) is 13.0. The fourth-order valence-corrected chi connectivity index (χ4v) is 3.62. The molecule has 2 nitrogen and oxygen atoms in total. The van der Waals surface area contributed by atoms with E-state index in [2.05, 4.69) is 5.32 Å². The van der Waals surface area contributed by atoms with E-state index in [1.165, 1.54) is 11.8 Å². The van der Waals surface area contributed by atoms with Crippen LogP contribution in [0, 0.1) is 0 Å². The molecule has 0 aromatic heterocycles. The lowest BCUT2D eigenvalue weighted by Gasteiger charge is -2.13. The number of benzene rings is 2. The van der Waals surface area contributed by atoms with Crippen molar-refractivity contribution in [2.75, 3.05) is 5.32 Å². The molecule has 2 aromatic rings. The summed E-state index contributed by atoms with van der Waals surface area (Å²) in [6, 6.07) is 10.0. The molecule has 0 aliphatic carbocycles. The van der Waals surface area contributed by atoms with Gasteiger partial charge < -0.3 is 5.32 Å². The third kappa shape index (κ3) is 4.97. The molecule has 0 saturated carbocycles. The molecule has 0 radical (unpaired) electrons. The van der Waals surface area contributed by atoms with Crippen LogP contribution in [0.5, 0.6) is 0 Å². The summed E-state index contributed by atoms with van der Waals surface area (Å²) >= 11 is 25.2. The van der Waals surface area contributed by atoms with Gasteiger partial charge in [0.05, 0.1) is 10.3 Å². The molecule has 116 valence electrons. The second kappa shape index (κ2) is 7.80. The monoisotopic (exact) mass is 393 g/mol. The van der Waals surface area contributed by atoms with E-state index in [1.807, 2.05) is 0 Å². The summed E-state index contributed by atoms with van der Waals surface area (Å²) in [6.45, 7) is 1.78. The van der Waals surface area contributed by atoms with Crippen molar-refractivity contribution in [1.82, 2.24) is 0 Å². The molecular weight excluding hydrogens is 384 g/mol. The molecule has 22 heavy (non-hydrogen) atoms. The SMILES string of the molecule is C[C@@H](Sc1cc(Cl)ccc1Cl)C(=O)Nc1cc(Cl)cc(Cl)c1. The molecule has 7 heteroatoms. The number of hydrogen-bond donors (Lipinski definition) is 1. The van der Waals surface area contributed by atoms with Gasteiger partial charge in [0, 0.05) is 25.7 Å². The lowest BCUT2D eigenvalue weighted by molar-refractivity contribution is -0.115. The molecule has 0 saturated heterocycles. The Morgan fingerprint density at radius 1 is 1.00 bits per heavy atom. The molecule has 1 atom stereocenters. The van der Waals surface area contributed by atoms with E-state index in [9.17, 15) is 4.79 Å². The van der Waals surface area contributed by atoms with E-state index >= 15 is 0 Å². The first-order valence-corrected chi connectivity index (χ1v) is 8.63. The van der Waals surface area contributed by atoms with Crippen molar-refractivity contribution in [3.8, 4) is 0 Å². The van der Waals surface area contributed by atoms with Crippen molar-refractivity contribution < 1.29 is 4.79 Å². The van der Waals surface area contributed by atoms with E-state index in [0.29, 0.717) is 25.8 Å². The number of carbonyl (C=O) groups excluding carboxylic acids is 1. The Balaban J connectivity index is 2.07. The zero-order chi connectivity index (χ0) is 16.3. The molecule has 0 spiro atoms. The van der Waals surface area contributed by atoms with Gasteiger partial charge in [0.25, 0.3) is 0 Å². The Hall–Kier alpha value is -0.580. The van der Waals surface area contributed by atoms with Crippen LogP contribution in [0.2, 0.25) is 20.1 Å².